The summed E-state index contributed by atoms with van der Waals surface area (Å²) in [6.07, 6.45) is 5.22. The van der Waals surface area contributed by atoms with Gasteiger partial charge in [-0.2, -0.15) is 4.31 Å². The predicted octanol–water partition coefficient (Wildman–Crippen LogP) is 3.15. The molecule has 7 heteroatoms. The van der Waals surface area contributed by atoms with Crippen molar-refractivity contribution in [2.24, 2.45) is 0 Å². The Bertz CT molecular complexity index is 979. The molecule has 0 aliphatic carbocycles. The Morgan fingerprint density at radius 1 is 1.21 bits per heavy atom. The van der Waals surface area contributed by atoms with Gasteiger partial charge in [0, 0.05) is 38.5 Å². The highest BCUT2D eigenvalue weighted by atomic mass is 32.2. The molecular formula is C22H28N2O4S. The molecule has 156 valence electrons. The molecule has 0 amide bonds. The molecule has 0 bridgehead atoms. The molecule has 1 aromatic carbocycles. The van der Waals surface area contributed by atoms with Gasteiger partial charge in [-0.1, -0.05) is 6.07 Å². The van der Waals surface area contributed by atoms with Crippen LogP contribution in [0.5, 0.6) is 0 Å². The van der Waals surface area contributed by atoms with Crippen LogP contribution in [-0.4, -0.2) is 49.1 Å². The number of hydrogen-bond acceptors (Lipinski definition) is 5. The first-order valence-electron chi connectivity index (χ1n) is 10.0. The Kier molecular flexibility index (Phi) is 5.50. The number of pyridine rings is 1. The van der Waals surface area contributed by atoms with Crippen LogP contribution in [0.15, 0.2) is 41.6 Å². The minimum atomic E-state index is -3.50. The normalized spacial score (nSPS) is 21.8. The van der Waals surface area contributed by atoms with E-state index in [0.29, 0.717) is 37.6 Å². The maximum atomic E-state index is 13.0. The molecule has 0 N–H and O–H groups in total. The Hall–Kier alpha value is -1.80. The molecule has 4 rings (SSSR count). The highest BCUT2D eigenvalue weighted by Gasteiger charge is 2.52. The topological polar surface area (TPSA) is 68.7 Å². The Balaban J connectivity index is 1.39. The summed E-state index contributed by atoms with van der Waals surface area (Å²) in [6, 6.07) is 7.42. The number of ether oxygens (including phenoxy) is 2. The van der Waals surface area contributed by atoms with Crippen LogP contribution >= 0.6 is 0 Å². The van der Waals surface area contributed by atoms with E-state index in [0.717, 1.165) is 28.7 Å². The van der Waals surface area contributed by atoms with E-state index < -0.39 is 15.6 Å². The number of nitrogens with zero attached hydrogens (tertiary/aromatic N) is 2. The van der Waals surface area contributed by atoms with E-state index in [1.54, 1.807) is 18.3 Å². The van der Waals surface area contributed by atoms with Crippen molar-refractivity contribution in [3.05, 3.63) is 58.9 Å². The standard InChI is InChI=1S/C22H28N2O4S/c1-16-8-17(2)10-21(9-16)29(25,26)24-14-22(15-24)11-20(5-7-28-22)27-13-19-12-23-6-4-18(19)3/h4,6,8-10,12,20H,5,7,11,13-15H2,1-3H3/t20-/m1/s1. The summed E-state index contributed by atoms with van der Waals surface area (Å²) in [5, 5.41) is 0. The summed E-state index contributed by atoms with van der Waals surface area (Å²) < 4.78 is 39.7. The number of sulfonamides is 1. The minimum Gasteiger partial charge on any atom is -0.373 e. The number of benzene rings is 1. The molecule has 0 unspecified atom stereocenters. The number of hydrogen-bond donors (Lipinski definition) is 0. The fourth-order valence-electron chi connectivity index (χ4n) is 4.20. The molecule has 1 atom stereocenters. The van der Waals surface area contributed by atoms with Gasteiger partial charge in [0.25, 0.3) is 0 Å². The third-order valence-electron chi connectivity index (χ3n) is 5.83. The van der Waals surface area contributed by atoms with E-state index in [1.807, 2.05) is 39.1 Å². The molecule has 2 aromatic rings. The summed E-state index contributed by atoms with van der Waals surface area (Å²) in [6.45, 7) is 7.76. The molecule has 2 aliphatic rings. The predicted molar refractivity (Wildman–Crippen MR) is 110 cm³/mol. The molecule has 2 fully saturated rings. The van der Waals surface area contributed by atoms with E-state index in [4.69, 9.17) is 9.47 Å². The lowest BCUT2D eigenvalue weighted by Crippen LogP contribution is -2.67. The molecule has 0 saturated carbocycles. The average Bonchev–Trinajstić information content (AvgIpc) is 2.65. The van der Waals surface area contributed by atoms with Gasteiger partial charge in [-0.3, -0.25) is 4.98 Å². The Labute approximate surface area is 172 Å². The Morgan fingerprint density at radius 3 is 2.62 bits per heavy atom. The summed E-state index contributed by atoms with van der Waals surface area (Å²) in [5.74, 6) is 0. The summed E-state index contributed by atoms with van der Waals surface area (Å²) in [5.41, 5.74) is 3.72. The smallest absolute Gasteiger partial charge is 0.243 e. The fourth-order valence-corrected chi connectivity index (χ4v) is 5.98. The third kappa shape index (κ3) is 4.23. The molecule has 1 aromatic heterocycles. The number of rotatable bonds is 5. The van der Waals surface area contributed by atoms with Crippen molar-refractivity contribution in [2.45, 2.75) is 56.8 Å². The van der Waals surface area contributed by atoms with Crippen LogP contribution in [0.1, 0.15) is 35.1 Å². The lowest BCUT2D eigenvalue weighted by Gasteiger charge is -2.52. The van der Waals surface area contributed by atoms with Crippen molar-refractivity contribution < 1.29 is 17.9 Å². The zero-order chi connectivity index (χ0) is 20.6. The number of aromatic nitrogens is 1. The van der Waals surface area contributed by atoms with Crippen molar-refractivity contribution >= 4 is 10.0 Å². The lowest BCUT2D eigenvalue weighted by molar-refractivity contribution is -0.180. The largest absolute Gasteiger partial charge is 0.373 e. The summed E-state index contributed by atoms with van der Waals surface area (Å²) in [4.78, 5) is 4.53. The lowest BCUT2D eigenvalue weighted by atomic mass is 9.86. The molecule has 6 nitrogen and oxygen atoms in total. The van der Waals surface area contributed by atoms with E-state index >= 15 is 0 Å². The van der Waals surface area contributed by atoms with Crippen molar-refractivity contribution in [2.75, 3.05) is 19.7 Å². The van der Waals surface area contributed by atoms with Gasteiger partial charge in [-0.15, -0.1) is 0 Å². The van der Waals surface area contributed by atoms with Gasteiger partial charge in [0.2, 0.25) is 10.0 Å². The maximum absolute atomic E-state index is 13.0. The van der Waals surface area contributed by atoms with Crippen LogP contribution in [0.25, 0.3) is 0 Å². The second kappa shape index (κ2) is 7.80. The fraction of sp³-hybridized carbons (Fsp3) is 0.500. The van der Waals surface area contributed by atoms with E-state index in [1.165, 1.54) is 4.31 Å². The number of aryl methyl sites for hydroxylation is 3. The first-order chi connectivity index (χ1) is 13.8. The van der Waals surface area contributed by atoms with Crippen LogP contribution in [0.4, 0.5) is 0 Å². The van der Waals surface area contributed by atoms with Crippen LogP contribution < -0.4 is 0 Å². The van der Waals surface area contributed by atoms with Crippen LogP contribution in [0, 0.1) is 20.8 Å². The average molecular weight is 417 g/mol. The highest BCUT2D eigenvalue weighted by molar-refractivity contribution is 7.89. The van der Waals surface area contributed by atoms with Gasteiger partial charge in [-0.05, 0) is 67.6 Å². The zero-order valence-corrected chi connectivity index (χ0v) is 18.0. The molecule has 3 heterocycles. The van der Waals surface area contributed by atoms with Crippen molar-refractivity contribution in [1.29, 1.82) is 0 Å². The summed E-state index contributed by atoms with van der Waals surface area (Å²) >= 11 is 0. The minimum absolute atomic E-state index is 0.0643. The SMILES string of the molecule is Cc1cc(C)cc(S(=O)(=O)N2CC3(C[C@H](OCc4cnccc4C)CCO3)C2)c1. The van der Waals surface area contributed by atoms with Gasteiger partial charge in [0.1, 0.15) is 0 Å². The monoisotopic (exact) mass is 416 g/mol. The first kappa shape index (κ1) is 20.5. The molecule has 0 radical (unpaired) electrons. The van der Waals surface area contributed by atoms with Crippen LogP contribution in [0.2, 0.25) is 0 Å². The molecule has 1 spiro atoms. The first-order valence-corrected chi connectivity index (χ1v) is 11.4. The summed E-state index contributed by atoms with van der Waals surface area (Å²) in [7, 11) is -3.50. The van der Waals surface area contributed by atoms with Gasteiger partial charge in [0.05, 0.1) is 23.2 Å². The van der Waals surface area contributed by atoms with Gasteiger partial charge >= 0.3 is 0 Å². The van der Waals surface area contributed by atoms with Gasteiger partial charge < -0.3 is 9.47 Å². The molecule has 2 saturated heterocycles. The maximum Gasteiger partial charge on any atom is 0.243 e. The van der Waals surface area contributed by atoms with E-state index in [-0.39, 0.29) is 6.10 Å². The van der Waals surface area contributed by atoms with Gasteiger partial charge in [-0.25, -0.2) is 8.42 Å². The van der Waals surface area contributed by atoms with Crippen LogP contribution in [-0.2, 0) is 26.1 Å². The van der Waals surface area contributed by atoms with Crippen molar-refractivity contribution in [3.8, 4) is 0 Å². The third-order valence-corrected chi connectivity index (χ3v) is 7.60. The van der Waals surface area contributed by atoms with E-state index in [9.17, 15) is 8.42 Å². The van der Waals surface area contributed by atoms with Crippen molar-refractivity contribution in [1.82, 2.24) is 9.29 Å². The van der Waals surface area contributed by atoms with E-state index in [2.05, 4.69) is 4.98 Å². The van der Waals surface area contributed by atoms with Crippen molar-refractivity contribution in [3.63, 3.8) is 0 Å². The molecular weight excluding hydrogens is 388 g/mol. The highest BCUT2D eigenvalue weighted by Crippen LogP contribution is 2.38. The molecule has 29 heavy (non-hydrogen) atoms. The van der Waals surface area contributed by atoms with Crippen LogP contribution in [0.3, 0.4) is 0 Å². The second-order valence-electron chi connectivity index (χ2n) is 8.36. The van der Waals surface area contributed by atoms with Gasteiger partial charge in [0.15, 0.2) is 0 Å². The Morgan fingerprint density at radius 2 is 1.93 bits per heavy atom. The quantitative estimate of drug-likeness (QED) is 0.749. The second-order valence-corrected chi connectivity index (χ2v) is 10.3. The zero-order valence-electron chi connectivity index (χ0n) is 17.2. The molecule has 2 aliphatic heterocycles.